The van der Waals surface area contributed by atoms with E-state index in [1.54, 1.807) is 0 Å². The van der Waals surface area contributed by atoms with E-state index < -0.39 is 0 Å². The van der Waals surface area contributed by atoms with E-state index in [1.165, 1.54) is 5.56 Å². The van der Waals surface area contributed by atoms with Crippen LogP contribution in [0.1, 0.15) is 30.6 Å². The Bertz CT molecular complexity index is 556. The maximum atomic E-state index is 6.11. The summed E-state index contributed by atoms with van der Waals surface area (Å²) in [6.45, 7) is 3.11. The average molecular weight is 272 g/mol. The van der Waals surface area contributed by atoms with Crippen LogP contribution < -0.4 is 10.1 Å². The Labute approximate surface area is 118 Å². The molecule has 1 aliphatic rings. The number of aryl methyl sites for hydroxylation is 1. The number of benzene rings is 1. The van der Waals surface area contributed by atoms with Gasteiger partial charge in [0, 0.05) is 13.5 Å². The highest BCUT2D eigenvalue weighted by molar-refractivity contribution is 5.38. The van der Waals surface area contributed by atoms with Gasteiger partial charge < -0.3 is 10.1 Å². The first-order valence-corrected chi connectivity index (χ1v) is 7.12. The Morgan fingerprint density at radius 2 is 2.30 bits per heavy atom. The van der Waals surface area contributed by atoms with Gasteiger partial charge in [-0.1, -0.05) is 30.3 Å². The molecule has 0 fully saturated rings. The number of hydrogen-bond acceptors (Lipinski definition) is 4. The number of nitrogens with one attached hydrogen (secondary N) is 1. The molecule has 2 aromatic rings. The van der Waals surface area contributed by atoms with E-state index >= 15 is 0 Å². The van der Waals surface area contributed by atoms with Gasteiger partial charge in [-0.2, -0.15) is 0 Å². The van der Waals surface area contributed by atoms with E-state index in [1.807, 2.05) is 30.1 Å². The Balaban J connectivity index is 1.83. The van der Waals surface area contributed by atoms with Crippen LogP contribution in [-0.2, 0) is 13.5 Å². The first kappa shape index (κ1) is 13.1. The minimum absolute atomic E-state index is 0.0937. The first-order valence-electron chi connectivity index (χ1n) is 7.12. The van der Waals surface area contributed by atoms with Crippen LogP contribution >= 0.6 is 0 Å². The number of nitrogens with zero attached hydrogens (tertiary/aromatic N) is 3. The fourth-order valence-corrected chi connectivity index (χ4v) is 2.70. The summed E-state index contributed by atoms with van der Waals surface area (Å²) in [5, 5.41) is 11.6. The molecule has 0 aliphatic carbocycles. The second-order valence-corrected chi connectivity index (χ2v) is 5.18. The molecule has 0 amide bonds. The van der Waals surface area contributed by atoms with Crippen LogP contribution in [0.2, 0.25) is 0 Å². The van der Waals surface area contributed by atoms with Crippen molar-refractivity contribution in [2.24, 2.45) is 7.05 Å². The second-order valence-electron chi connectivity index (χ2n) is 5.18. The molecule has 5 nitrogen and oxygen atoms in total. The van der Waals surface area contributed by atoms with Gasteiger partial charge in [0.25, 0.3) is 0 Å². The summed E-state index contributed by atoms with van der Waals surface area (Å²) in [6, 6.07) is 8.36. The smallest absolute Gasteiger partial charge is 0.124 e. The Morgan fingerprint density at radius 1 is 1.45 bits per heavy atom. The topological polar surface area (TPSA) is 52.0 Å². The van der Waals surface area contributed by atoms with Crippen LogP contribution in [-0.4, -0.2) is 27.6 Å². The van der Waals surface area contributed by atoms with E-state index in [2.05, 4.69) is 34.7 Å². The summed E-state index contributed by atoms with van der Waals surface area (Å²) < 4.78 is 7.93. The zero-order chi connectivity index (χ0) is 13.9. The minimum atomic E-state index is 0.0937. The van der Waals surface area contributed by atoms with Crippen molar-refractivity contribution in [2.75, 3.05) is 6.54 Å². The predicted octanol–water partition coefficient (Wildman–Crippen LogP) is 1.86. The third-order valence-electron chi connectivity index (χ3n) is 3.73. The van der Waals surface area contributed by atoms with Crippen molar-refractivity contribution in [1.29, 1.82) is 0 Å². The van der Waals surface area contributed by atoms with Crippen molar-refractivity contribution in [1.82, 2.24) is 20.3 Å². The molecule has 106 valence electrons. The van der Waals surface area contributed by atoms with E-state index in [-0.39, 0.29) is 12.1 Å². The Kier molecular flexibility index (Phi) is 3.69. The van der Waals surface area contributed by atoms with E-state index in [9.17, 15) is 0 Å². The molecular weight excluding hydrogens is 252 g/mol. The lowest BCUT2D eigenvalue weighted by molar-refractivity contribution is 0.174. The van der Waals surface area contributed by atoms with Gasteiger partial charge in [0.2, 0.25) is 0 Å². The summed E-state index contributed by atoms with van der Waals surface area (Å²) in [5.41, 5.74) is 2.34. The SMILES string of the molecule is CCCNC(c1cnnn1C)C1Cc2ccccc2O1. The number of rotatable bonds is 5. The molecule has 2 unspecified atom stereocenters. The van der Waals surface area contributed by atoms with Crippen LogP contribution in [0.4, 0.5) is 0 Å². The number of ether oxygens (including phenoxy) is 1. The first-order chi connectivity index (χ1) is 9.79. The normalized spacial score (nSPS) is 18.6. The molecule has 1 aromatic carbocycles. The number of aromatic nitrogens is 3. The standard InChI is InChI=1S/C15H20N4O/c1-3-8-16-15(12-10-17-18-19(12)2)14-9-11-6-4-5-7-13(11)20-14/h4-7,10,14-16H,3,8-9H2,1-2H3. The predicted molar refractivity (Wildman–Crippen MR) is 76.6 cm³/mol. The van der Waals surface area contributed by atoms with Gasteiger partial charge in [-0.05, 0) is 24.6 Å². The van der Waals surface area contributed by atoms with Gasteiger partial charge in [-0.15, -0.1) is 5.10 Å². The maximum Gasteiger partial charge on any atom is 0.124 e. The van der Waals surface area contributed by atoms with Gasteiger partial charge >= 0.3 is 0 Å². The van der Waals surface area contributed by atoms with Crippen molar-refractivity contribution in [3.63, 3.8) is 0 Å². The number of fused-ring (bicyclic) bond motifs is 1. The Hall–Kier alpha value is -1.88. The molecule has 2 atom stereocenters. The van der Waals surface area contributed by atoms with Crippen LogP contribution in [0.5, 0.6) is 5.75 Å². The lowest BCUT2D eigenvalue weighted by Gasteiger charge is -2.24. The van der Waals surface area contributed by atoms with Gasteiger partial charge in [0.15, 0.2) is 0 Å². The summed E-state index contributed by atoms with van der Waals surface area (Å²) in [4.78, 5) is 0. The van der Waals surface area contributed by atoms with Crippen LogP contribution in [0.3, 0.4) is 0 Å². The molecule has 0 saturated heterocycles. The lowest BCUT2D eigenvalue weighted by atomic mass is 10.0. The molecule has 0 spiro atoms. The molecule has 20 heavy (non-hydrogen) atoms. The highest BCUT2D eigenvalue weighted by atomic mass is 16.5. The molecule has 0 radical (unpaired) electrons. The van der Waals surface area contributed by atoms with Crippen LogP contribution in [0, 0.1) is 0 Å². The molecule has 3 rings (SSSR count). The Morgan fingerprint density at radius 3 is 3.00 bits per heavy atom. The highest BCUT2D eigenvalue weighted by Crippen LogP contribution is 2.33. The van der Waals surface area contributed by atoms with Gasteiger partial charge in [0.05, 0.1) is 17.9 Å². The number of hydrogen-bond donors (Lipinski definition) is 1. The molecule has 5 heteroatoms. The third-order valence-corrected chi connectivity index (χ3v) is 3.73. The summed E-state index contributed by atoms with van der Waals surface area (Å²) in [5.74, 6) is 0.996. The van der Waals surface area contributed by atoms with Crippen LogP contribution in [0.15, 0.2) is 30.5 Å². The van der Waals surface area contributed by atoms with Gasteiger partial charge in [-0.25, -0.2) is 0 Å². The lowest BCUT2D eigenvalue weighted by Crippen LogP contribution is -2.36. The van der Waals surface area contributed by atoms with Crippen molar-refractivity contribution >= 4 is 0 Å². The van der Waals surface area contributed by atoms with Crippen molar-refractivity contribution in [3.8, 4) is 5.75 Å². The molecular formula is C15H20N4O. The summed E-state index contributed by atoms with van der Waals surface area (Å²) in [7, 11) is 1.92. The van der Waals surface area contributed by atoms with Crippen LogP contribution in [0.25, 0.3) is 0 Å². The number of para-hydroxylation sites is 1. The van der Waals surface area contributed by atoms with Crippen molar-refractivity contribution < 1.29 is 4.74 Å². The van der Waals surface area contributed by atoms with Crippen molar-refractivity contribution in [3.05, 3.63) is 41.7 Å². The van der Waals surface area contributed by atoms with E-state index in [4.69, 9.17) is 4.74 Å². The summed E-state index contributed by atoms with van der Waals surface area (Å²) >= 11 is 0. The molecule has 1 aromatic heterocycles. The summed E-state index contributed by atoms with van der Waals surface area (Å²) in [6.07, 6.45) is 3.92. The van der Waals surface area contributed by atoms with Crippen molar-refractivity contribution in [2.45, 2.75) is 31.9 Å². The highest BCUT2D eigenvalue weighted by Gasteiger charge is 2.32. The zero-order valence-corrected chi connectivity index (χ0v) is 11.9. The molecule has 0 saturated carbocycles. The van der Waals surface area contributed by atoms with E-state index in [0.717, 1.165) is 30.8 Å². The molecule has 1 aliphatic heterocycles. The average Bonchev–Trinajstić information content (AvgIpc) is 3.06. The fourth-order valence-electron chi connectivity index (χ4n) is 2.70. The minimum Gasteiger partial charge on any atom is -0.488 e. The largest absolute Gasteiger partial charge is 0.488 e. The molecule has 0 bridgehead atoms. The zero-order valence-electron chi connectivity index (χ0n) is 11.9. The third kappa shape index (κ3) is 2.41. The quantitative estimate of drug-likeness (QED) is 0.902. The van der Waals surface area contributed by atoms with Gasteiger partial charge in [0.1, 0.15) is 11.9 Å². The van der Waals surface area contributed by atoms with Gasteiger partial charge in [-0.3, -0.25) is 4.68 Å². The second kappa shape index (κ2) is 5.63. The molecule has 1 N–H and O–H groups in total. The van der Waals surface area contributed by atoms with E-state index in [0.29, 0.717) is 0 Å². The maximum absolute atomic E-state index is 6.11. The fraction of sp³-hybridized carbons (Fsp3) is 0.467. The molecule has 2 heterocycles. The monoisotopic (exact) mass is 272 g/mol.